The third kappa shape index (κ3) is 3.95. The molecule has 0 saturated heterocycles. The minimum atomic E-state index is -0.00138. The summed E-state index contributed by atoms with van der Waals surface area (Å²) in [6.45, 7) is 2.36. The van der Waals surface area contributed by atoms with Crippen molar-refractivity contribution in [2.75, 3.05) is 6.26 Å². The van der Waals surface area contributed by atoms with Gasteiger partial charge < -0.3 is 9.88 Å². The van der Waals surface area contributed by atoms with Gasteiger partial charge in [-0.15, -0.1) is 0 Å². The molecular weight excluding hydrogens is 366 g/mol. The van der Waals surface area contributed by atoms with Gasteiger partial charge in [0.15, 0.2) is 0 Å². The first-order valence-corrected chi connectivity index (χ1v) is 11.4. The number of carbonyl (C=O) groups is 1. The van der Waals surface area contributed by atoms with E-state index in [1.807, 2.05) is 28.8 Å². The minimum Gasteiger partial charge on any atom is -0.348 e. The topological polar surface area (TPSA) is 46.9 Å². The van der Waals surface area contributed by atoms with Crippen LogP contribution in [-0.2, 0) is 29.9 Å². The lowest BCUT2D eigenvalue weighted by molar-refractivity contribution is -0.122. The molecule has 0 spiro atoms. The van der Waals surface area contributed by atoms with E-state index in [1.165, 1.54) is 36.0 Å². The van der Waals surface area contributed by atoms with Crippen LogP contribution in [0.15, 0.2) is 42.5 Å². The normalized spacial score (nSPS) is 14.6. The molecule has 1 atom stereocenters. The fraction of sp³-hybridized carbons (Fsp3) is 0.391. The molecule has 0 fully saturated rings. The van der Waals surface area contributed by atoms with Gasteiger partial charge in [0.1, 0.15) is 12.4 Å². The van der Waals surface area contributed by atoms with Gasteiger partial charge in [0.05, 0.1) is 22.8 Å². The number of imidazole rings is 1. The second-order valence-corrected chi connectivity index (χ2v) is 8.43. The van der Waals surface area contributed by atoms with Crippen LogP contribution < -0.4 is 5.32 Å². The largest absolute Gasteiger partial charge is 0.348 e. The number of nitrogens with zero attached hydrogens (tertiary/aromatic N) is 2. The van der Waals surface area contributed by atoms with E-state index >= 15 is 0 Å². The Morgan fingerprint density at radius 1 is 1.18 bits per heavy atom. The van der Waals surface area contributed by atoms with Crippen LogP contribution in [0.5, 0.6) is 0 Å². The molecule has 1 amide bonds. The number of aryl methyl sites for hydroxylation is 2. The van der Waals surface area contributed by atoms with Crippen LogP contribution >= 0.6 is 11.8 Å². The van der Waals surface area contributed by atoms with Crippen LogP contribution in [-0.4, -0.2) is 21.7 Å². The van der Waals surface area contributed by atoms with Crippen molar-refractivity contribution in [2.24, 2.45) is 0 Å². The lowest BCUT2D eigenvalue weighted by atomic mass is 9.89. The van der Waals surface area contributed by atoms with Gasteiger partial charge in [-0.25, -0.2) is 4.98 Å². The smallest absolute Gasteiger partial charge is 0.240 e. The molecule has 0 bridgehead atoms. The zero-order valence-electron chi connectivity index (χ0n) is 16.6. The van der Waals surface area contributed by atoms with Crippen molar-refractivity contribution in [1.29, 1.82) is 0 Å². The van der Waals surface area contributed by atoms with Crippen molar-refractivity contribution in [3.63, 3.8) is 0 Å². The first-order valence-electron chi connectivity index (χ1n) is 10.00. The van der Waals surface area contributed by atoms with E-state index in [2.05, 4.69) is 36.7 Å². The highest BCUT2D eigenvalue weighted by atomic mass is 32.2. The zero-order chi connectivity index (χ0) is 19.5. The van der Waals surface area contributed by atoms with Gasteiger partial charge in [-0.1, -0.05) is 30.3 Å². The zero-order valence-corrected chi connectivity index (χ0v) is 17.4. The first-order chi connectivity index (χ1) is 13.7. The summed E-state index contributed by atoms with van der Waals surface area (Å²) >= 11 is 1.72. The summed E-state index contributed by atoms with van der Waals surface area (Å²) in [5.74, 6) is 1.77. The monoisotopic (exact) mass is 393 g/mol. The highest BCUT2D eigenvalue weighted by Gasteiger charge is 2.17. The van der Waals surface area contributed by atoms with Crippen molar-refractivity contribution in [3.05, 3.63) is 65.0 Å². The second-order valence-electron chi connectivity index (χ2n) is 7.56. The summed E-state index contributed by atoms with van der Waals surface area (Å²) in [5, 5.41) is 3.18. The lowest BCUT2D eigenvalue weighted by Crippen LogP contribution is -2.30. The number of nitrogens with one attached hydrogen (secondary N) is 1. The molecule has 1 N–H and O–H groups in total. The van der Waals surface area contributed by atoms with Crippen LogP contribution in [0.25, 0.3) is 11.0 Å². The van der Waals surface area contributed by atoms with Gasteiger partial charge in [0.2, 0.25) is 5.91 Å². The molecule has 5 heteroatoms. The van der Waals surface area contributed by atoms with E-state index in [-0.39, 0.29) is 11.9 Å². The van der Waals surface area contributed by atoms with Gasteiger partial charge in [0.25, 0.3) is 0 Å². The number of benzene rings is 2. The molecule has 1 unspecified atom stereocenters. The maximum Gasteiger partial charge on any atom is 0.240 e. The standard InChI is InChI=1S/C23H27N3OS/c1-16(18-12-11-17-7-3-4-8-19(17)13-18)24-23(27)14-26-21-10-6-5-9-20(21)25-22(26)15-28-2/h5-6,9-13,16H,3-4,7-8,14-15H2,1-2H3,(H,24,27). The van der Waals surface area contributed by atoms with Crippen LogP contribution in [0.1, 0.15) is 48.3 Å². The Hall–Kier alpha value is -2.27. The highest BCUT2D eigenvalue weighted by Crippen LogP contribution is 2.25. The molecule has 28 heavy (non-hydrogen) atoms. The summed E-state index contributed by atoms with van der Waals surface area (Å²) in [5.41, 5.74) is 6.08. The minimum absolute atomic E-state index is 0.00138. The van der Waals surface area contributed by atoms with Crippen LogP contribution in [0.3, 0.4) is 0 Å². The van der Waals surface area contributed by atoms with Gasteiger partial charge in [-0.2, -0.15) is 11.8 Å². The lowest BCUT2D eigenvalue weighted by Gasteiger charge is -2.20. The maximum atomic E-state index is 12.8. The molecule has 4 rings (SSSR count). The number of para-hydroxylation sites is 2. The summed E-state index contributed by atoms with van der Waals surface area (Å²) in [6.07, 6.45) is 6.95. The number of rotatable bonds is 6. The quantitative estimate of drug-likeness (QED) is 0.663. The average Bonchev–Trinajstić information content (AvgIpc) is 3.05. The molecule has 3 aromatic rings. The number of hydrogen-bond donors (Lipinski definition) is 1. The van der Waals surface area contributed by atoms with Crippen LogP contribution in [0, 0.1) is 0 Å². The first kappa shape index (κ1) is 19.1. The number of thioether (sulfide) groups is 1. The summed E-state index contributed by atoms with van der Waals surface area (Å²) < 4.78 is 2.04. The third-order valence-corrected chi connectivity index (χ3v) is 6.11. The number of hydrogen-bond acceptors (Lipinski definition) is 3. The van der Waals surface area contributed by atoms with Crippen LogP contribution in [0.2, 0.25) is 0 Å². The van der Waals surface area contributed by atoms with Crippen molar-refractivity contribution < 1.29 is 4.79 Å². The highest BCUT2D eigenvalue weighted by molar-refractivity contribution is 7.97. The Kier molecular flexibility index (Phi) is 5.72. The fourth-order valence-corrected chi connectivity index (χ4v) is 4.56. The van der Waals surface area contributed by atoms with Crippen molar-refractivity contribution >= 4 is 28.7 Å². The fourth-order valence-electron chi connectivity index (χ4n) is 4.08. The molecule has 0 radical (unpaired) electrons. The Balaban J connectivity index is 1.50. The van der Waals surface area contributed by atoms with Crippen molar-refractivity contribution in [2.45, 2.75) is 50.9 Å². The van der Waals surface area contributed by atoms with E-state index in [0.717, 1.165) is 29.0 Å². The molecule has 1 aliphatic rings. The summed E-state index contributed by atoms with van der Waals surface area (Å²) in [7, 11) is 0. The van der Waals surface area contributed by atoms with Gasteiger partial charge >= 0.3 is 0 Å². The van der Waals surface area contributed by atoms with Crippen molar-refractivity contribution in [1.82, 2.24) is 14.9 Å². The molecule has 0 saturated carbocycles. The van der Waals surface area contributed by atoms with E-state index in [9.17, 15) is 4.79 Å². The van der Waals surface area contributed by atoms with E-state index in [0.29, 0.717) is 6.54 Å². The third-order valence-electron chi connectivity index (χ3n) is 5.56. The van der Waals surface area contributed by atoms with Crippen LogP contribution in [0.4, 0.5) is 0 Å². The second kappa shape index (κ2) is 8.39. The molecule has 2 aromatic carbocycles. The van der Waals surface area contributed by atoms with Gasteiger partial charge in [0, 0.05) is 0 Å². The molecule has 1 heterocycles. The Bertz CT molecular complexity index is 995. The van der Waals surface area contributed by atoms with Gasteiger partial charge in [-0.05, 0) is 67.7 Å². The molecular formula is C23H27N3OS. The van der Waals surface area contributed by atoms with E-state index < -0.39 is 0 Å². The Morgan fingerprint density at radius 2 is 1.96 bits per heavy atom. The summed E-state index contributed by atoms with van der Waals surface area (Å²) in [4.78, 5) is 17.5. The number of aromatic nitrogens is 2. The number of carbonyl (C=O) groups excluding carboxylic acids is 1. The Morgan fingerprint density at radius 3 is 2.79 bits per heavy atom. The van der Waals surface area contributed by atoms with E-state index in [4.69, 9.17) is 4.98 Å². The van der Waals surface area contributed by atoms with E-state index in [1.54, 1.807) is 11.8 Å². The number of amides is 1. The average molecular weight is 394 g/mol. The predicted molar refractivity (Wildman–Crippen MR) is 117 cm³/mol. The summed E-state index contributed by atoms with van der Waals surface area (Å²) in [6, 6.07) is 14.7. The number of fused-ring (bicyclic) bond motifs is 2. The maximum absolute atomic E-state index is 12.8. The predicted octanol–water partition coefficient (Wildman–Crippen LogP) is 4.66. The Labute approximate surface area is 170 Å². The molecule has 1 aromatic heterocycles. The van der Waals surface area contributed by atoms with Crippen molar-refractivity contribution in [3.8, 4) is 0 Å². The molecule has 1 aliphatic carbocycles. The molecule has 4 nitrogen and oxygen atoms in total. The molecule has 0 aliphatic heterocycles. The van der Waals surface area contributed by atoms with Gasteiger partial charge in [-0.3, -0.25) is 4.79 Å². The SMILES string of the molecule is CSCc1nc2ccccc2n1CC(=O)NC(C)c1ccc2c(c1)CCCC2. The molecule has 146 valence electrons.